The summed E-state index contributed by atoms with van der Waals surface area (Å²) in [6, 6.07) is 21.9. The number of anilines is 3. The van der Waals surface area contributed by atoms with Gasteiger partial charge in [0.05, 0.1) is 24.9 Å². The molecule has 0 saturated heterocycles. The Morgan fingerprint density at radius 2 is 1.45 bits per heavy atom. The molecule has 0 spiro atoms. The number of fused-ring (bicyclic) bond motifs is 1. The fourth-order valence-corrected chi connectivity index (χ4v) is 5.09. The van der Waals surface area contributed by atoms with Gasteiger partial charge in [-0.3, -0.25) is 29.0 Å². The molecule has 1 aliphatic rings. The highest BCUT2D eigenvalue weighted by Gasteiger charge is 2.55. The number of nitrogens with zero attached hydrogens (tertiary/aromatic N) is 2. The predicted octanol–water partition coefficient (Wildman–Crippen LogP) is 4.60. The van der Waals surface area contributed by atoms with Crippen LogP contribution >= 0.6 is 0 Å². The zero-order valence-electron chi connectivity index (χ0n) is 25.0. The average molecular weight is 602 g/mol. The summed E-state index contributed by atoms with van der Waals surface area (Å²) in [7, 11) is 1.18. The van der Waals surface area contributed by atoms with E-state index in [9.17, 15) is 29.1 Å². The number of nitrogens with one attached hydrogen (secondary N) is 1. The minimum absolute atomic E-state index is 0.155. The van der Waals surface area contributed by atoms with Crippen molar-refractivity contribution in [2.24, 2.45) is 5.41 Å². The topological polar surface area (TPSA) is 143 Å². The molecule has 230 valence electrons. The molecule has 1 aliphatic heterocycles. The van der Waals surface area contributed by atoms with Crippen molar-refractivity contribution in [2.75, 3.05) is 23.5 Å². The Morgan fingerprint density at radius 1 is 0.841 bits per heavy atom. The first-order valence-electron chi connectivity index (χ1n) is 14.0. The van der Waals surface area contributed by atoms with Crippen LogP contribution in [0.3, 0.4) is 0 Å². The van der Waals surface area contributed by atoms with E-state index < -0.39 is 53.8 Å². The van der Waals surface area contributed by atoms with Gasteiger partial charge in [0.15, 0.2) is 0 Å². The van der Waals surface area contributed by atoms with E-state index in [1.54, 1.807) is 99.6 Å². The van der Waals surface area contributed by atoms with E-state index in [4.69, 9.17) is 9.47 Å². The number of hydrogen-bond acceptors (Lipinski definition) is 7. The molecule has 3 amide bonds. The van der Waals surface area contributed by atoms with Gasteiger partial charge in [0.25, 0.3) is 0 Å². The van der Waals surface area contributed by atoms with Gasteiger partial charge in [0.2, 0.25) is 11.8 Å². The van der Waals surface area contributed by atoms with Crippen molar-refractivity contribution in [3.8, 4) is 0 Å². The highest BCUT2D eigenvalue weighted by atomic mass is 16.6. The number of methoxy groups -OCH3 is 1. The second-order valence-electron chi connectivity index (χ2n) is 11.4. The lowest BCUT2D eigenvalue weighted by Crippen LogP contribution is -2.54. The number of alkyl carbamates (subject to hydrolysis) is 1. The maximum Gasteiger partial charge on any atom is 0.407 e. The third kappa shape index (κ3) is 7.05. The second-order valence-corrected chi connectivity index (χ2v) is 11.4. The number of amides is 3. The van der Waals surface area contributed by atoms with E-state index in [1.807, 2.05) is 0 Å². The molecule has 0 bridgehead atoms. The third-order valence-electron chi connectivity index (χ3n) is 7.03. The van der Waals surface area contributed by atoms with E-state index >= 15 is 0 Å². The molecule has 2 N–H and O–H groups in total. The molecule has 0 saturated carbocycles. The minimum atomic E-state index is -2.11. The van der Waals surface area contributed by atoms with E-state index in [2.05, 4.69) is 5.32 Å². The predicted molar refractivity (Wildman–Crippen MR) is 162 cm³/mol. The van der Waals surface area contributed by atoms with Crippen LogP contribution in [0.5, 0.6) is 0 Å². The number of benzene rings is 3. The second kappa shape index (κ2) is 13.0. The SMILES string of the molecule is COC(=O)CN1C(=O)C(CC(=O)O)(Cc2ccccc2)C(=O)N(c2ccc(CNC(=O)OC(C)(C)C)cc2)c2ccccc21. The Labute approximate surface area is 255 Å². The number of carbonyl (C=O) groups excluding carboxylic acids is 4. The Morgan fingerprint density at radius 3 is 2.05 bits per heavy atom. The number of rotatable bonds is 9. The molecule has 3 aromatic carbocycles. The number of para-hydroxylation sites is 2. The van der Waals surface area contributed by atoms with Crippen LogP contribution in [0.25, 0.3) is 0 Å². The molecule has 1 unspecified atom stereocenters. The quantitative estimate of drug-likeness (QED) is 0.268. The lowest BCUT2D eigenvalue weighted by Gasteiger charge is -2.34. The highest BCUT2D eigenvalue weighted by Crippen LogP contribution is 2.45. The van der Waals surface area contributed by atoms with Gasteiger partial charge in [0.1, 0.15) is 17.6 Å². The molecule has 0 radical (unpaired) electrons. The van der Waals surface area contributed by atoms with Crippen molar-refractivity contribution >= 4 is 46.9 Å². The third-order valence-corrected chi connectivity index (χ3v) is 7.03. The molecule has 0 aromatic heterocycles. The molecule has 44 heavy (non-hydrogen) atoms. The summed E-state index contributed by atoms with van der Waals surface area (Å²) in [4.78, 5) is 68.7. The molecule has 0 fully saturated rings. The Kier molecular flexibility index (Phi) is 9.37. The van der Waals surface area contributed by atoms with Gasteiger partial charge in [-0.05, 0) is 62.6 Å². The first-order valence-corrected chi connectivity index (χ1v) is 14.0. The minimum Gasteiger partial charge on any atom is -0.481 e. The monoisotopic (exact) mass is 601 g/mol. The number of esters is 1. The van der Waals surface area contributed by atoms with Crippen LogP contribution in [0.15, 0.2) is 78.9 Å². The summed E-state index contributed by atoms with van der Waals surface area (Å²) in [5, 5.41) is 12.7. The van der Waals surface area contributed by atoms with Crippen LogP contribution in [-0.2, 0) is 41.6 Å². The molecule has 3 aromatic rings. The van der Waals surface area contributed by atoms with Crippen molar-refractivity contribution in [2.45, 2.75) is 45.8 Å². The van der Waals surface area contributed by atoms with Crippen molar-refractivity contribution in [1.29, 1.82) is 0 Å². The van der Waals surface area contributed by atoms with Gasteiger partial charge in [0, 0.05) is 12.2 Å². The molecular weight excluding hydrogens is 566 g/mol. The lowest BCUT2D eigenvalue weighted by atomic mass is 9.75. The van der Waals surface area contributed by atoms with Crippen molar-refractivity contribution in [3.05, 3.63) is 90.0 Å². The summed E-state index contributed by atoms with van der Waals surface area (Å²) in [6.45, 7) is 4.91. The van der Waals surface area contributed by atoms with Crippen molar-refractivity contribution in [1.82, 2.24) is 5.32 Å². The fraction of sp³-hybridized carbons (Fsp3) is 0.303. The van der Waals surface area contributed by atoms with Gasteiger partial charge in [-0.2, -0.15) is 0 Å². The number of carboxylic acids is 1. The molecule has 4 rings (SSSR count). The molecule has 1 atom stereocenters. The summed E-state index contributed by atoms with van der Waals surface area (Å²) in [6.07, 6.45) is -1.63. The van der Waals surface area contributed by atoms with Crippen LogP contribution in [0.4, 0.5) is 21.9 Å². The van der Waals surface area contributed by atoms with Gasteiger partial charge in [-0.15, -0.1) is 0 Å². The van der Waals surface area contributed by atoms with E-state index in [0.717, 1.165) is 4.90 Å². The van der Waals surface area contributed by atoms with Gasteiger partial charge < -0.3 is 19.9 Å². The summed E-state index contributed by atoms with van der Waals surface area (Å²) >= 11 is 0. The number of hydrogen-bond donors (Lipinski definition) is 2. The van der Waals surface area contributed by atoms with E-state index in [1.165, 1.54) is 12.0 Å². The summed E-state index contributed by atoms with van der Waals surface area (Å²) in [5.74, 6) is -3.67. The maximum absolute atomic E-state index is 14.7. The molecular formula is C33H35N3O8. The Balaban J connectivity index is 1.83. The zero-order valence-corrected chi connectivity index (χ0v) is 25.0. The van der Waals surface area contributed by atoms with Crippen LogP contribution in [-0.4, -0.2) is 54.2 Å². The van der Waals surface area contributed by atoms with Gasteiger partial charge in [-0.25, -0.2) is 4.79 Å². The van der Waals surface area contributed by atoms with Crippen LogP contribution < -0.4 is 15.1 Å². The number of carbonyl (C=O) groups is 5. The van der Waals surface area contributed by atoms with Crippen molar-refractivity contribution in [3.63, 3.8) is 0 Å². The average Bonchev–Trinajstić information content (AvgIpc) is 3.04. The molecule has 11 heteroatoms. The van der Waals surface area contributed by atoms with Crippen LogP contribution in [0.1, 0.15) is 38.3 Å². The highest BCUT2D eigenvalue weighted by molar-refractivity contribution is 6.24. The summed E-state index contributed by atoms with van der Waals surface area (Å²) < 4.78 is 10.1. The first kappa shape index (κ1) is 31.7. The Hall–Kier alpha value is -5.19. The fourth-order valence-electron chi connectivity index (χ4n) is 5.09. The van der Waals surface area contributed by atoms with E-state index in [0.29, 0.717) is 16.8 Å². The zero-order chi connectivity index (χ0) is 32.1. The number of aliphatic carboxylic acids is 1. The number of ether oxygens (including phenoxy) is 2. The maximum atomic E-state index is 14.7. The van der Waals surface area contributed by atoms with Crippen LogP contribution in [0.2, 0.25) is 0 Å². The van der Waals surface area contributed by atoms with Crippen LogP contribution in [0, 0.1) is 5.41 Å². The molecule has 11 nitrogen and oxygen atoms in total. The van der Waals surface area contributed by atoms with Gasteiger partial charge in [-0.1, -0.05) is 54.6 Å². The normalized spacial score (nSPS) is 16.5. The number of carboxylic acid groups (broad SMARTS) is 1. The first-order chi connectivity index (χ1) is 20.8. The van der Waals surface area contributed by atoms with E-state index in [-0.39, 0.29) is 24.3 Å². The molecule has 0 aliphatic carbocycles. The largest absolute Gasteiger partial charge is 0.481 e. The smallest absolute Gasteiger partial charge is 0.407 e. The standard InChI is InChI=1S/C33H35N3O8/c1-32(2,3)44-31(42)34-20-23-14-16-24(17-15-23)36-26-13-9-8-12-25(26)35(21-28(39)43-4)29(40)33(30(36)41,19-27(37)38)18-22-10-6-5-7-11-22/h5-17H,18-21H2,1-4H3,(H,34,42)(H,37,38). The van der Waals surface area contributed by atoms with Gasteiger partial charge >= 0.3 is 18.0 Å². The summed E-state index contributed by atoms with van der Waals surface area (Å²) in [5.41, 5.74) is -0.601. The van der Waals surface area contributed by atoms with Crippen molar-refractivity contribution < 1.29 is 38.6 Å². The molecule has 1 heterocycles. The lowest BCUT2D eigenvalue weighted by molar-refractivity contribution is -0.151. The Bertz CT molecular complexity index is 1550.